The number of aryl methyl sites for hydroxylation is 1. The fraction of sp³-hybridized carbons (Fsp3) is 0.111. The van der Waals surface area contributed by atoms with E-state index in [-0.39, 0.29) is 16.9 Å². The molecule has 0 fully saturated rings. The molecule has 5 nitrogen and oxygen atoms in total. The van der Waals surface area contributed by atoms with Crippen molar-refractivity contribution in [2.24, 2.45) is 10.7 Å². The number of fused-ring (bicyclic) bond motifs is 1. The molecular formula is C18H15FN2O3. The van der Waals surface area contributed by atoms with Crippen LogP contribution in [0.5, 0.6) is 5.75 Å². The van der Waals surface area contributed by atoms with Crippen LogP contribution in [0.3, 0.4) is 0 Å². The van der Waals surface area contributed by atoms with Gasteiger partial charge in [-0.05, 0) is 42.8 Å². The maximum atomic E-state index is 13.2. The van der Waals surface area contributed by atoms with E-state index in [1.54, 1.807) is 31.2 Å². The van der Waals surface area contributed by atoms with Gasteiger partial charge in [0.2, 0.25) is 5.55 Å². The van der Waals surface area contributed by atoms with Gasteiger partial charge in [0.05, 0.1) is 12.8 Å². The number of para-hydroxylation sites is 1. The third kappa shape index (κ3) is 2.86. The lowest BCUT2D eigenvalue weighted by Gasteiger charge is -2.06. The first kappa shape index (κ1) is 15.7. The highest BCUT2D eigenvalue weighted by Gasteiger charge is 2.12. The topological polar surface area (TPSA) is 77.8 Å². The molecule has 2 N–H and O–H groups in total. The fourth-order valence-electron chi connectivity index (χ4n) is 2.40. The van der Waals surface area contributed by atoms with E-state index < -0.39 is 5.91 Å². The Morgan fingerprint density at radius 1 is 1.25 bits per heavy atom. The lowest BCUT2D eigenvalue weighted by molar-refractivity contribution is 0.0996. The molecule has 0 aliphatic rings. The van der Waals surface area contributed by atoms with Crippen LogP contribution in [0.1, 0.15) is 15.9 Å². The number of nitrogens with two attached hydrogens (primary N) is 1. The lowest BCUT2D eigenvalue weighted by Crippen LogP contribution is -2.21. The van der Waals surface area contributed by atoms with Crippen LogP contribution < -0.4 is 16.0 Å². The van der Waals surface area contributed by atoms with Gasteiger partial charge in [0, 0.05) is 5.39 Å². The van der Waals surface area contributed by atoms with Crippen LogP contribution in [-0.4, -0.2) is 13.0 Å². The minimum Gasteiger partial charge on any atom is -0.493 e. The Morgan fingerprint density at radius 2 is 2.04 bits per heavy atom. The Balaban J connectivity index is 2.34. The highest BCUT2D eigenvalue weighted by molar-refractivity contribution is 5.96. The van der Waals surface area contributed by atoms with E-state index in [4.69, 9.17) is 14.9 Å². The van der Waals surface area contributed by atoms with E-state index in [0.717, 1.165) is 0 Å². The number of carbonyl (C=O) groups excluding carboxylic acids is 1. The molecule has 3 aromatic rings. The number of hydrogen-bond donors (Lipinski definition) is 1. The minimum absolute atomic E-state index is 0.0502. The molecule has 1 amide bonds. The first-order valence-electron chi connectivity index (χ1n) is 7.21. The number of rotatable bonds is 3. The van der Waals surface area contributed by atoms with Gasteiger partial charge in [-0.3, -0.25) is 4.79 Å². The highest BCUT2D eigenvalue weighted by Crippen LogP contribution is 2.25. The SMILES string of the molecule is COc1cccc2cc(C(N)=O)c(=Nc3ccc(F)cc3C)oc12. The highest BCUT2D eigenvalue weighted by atomic mass is 19.1. The van der Waals surface area contributed by atoms with Gasteiger partial charge in [0.15, 0.2) is 11.3 Å². The molecule has 6 heteroatoms. The molecule has 122 valence electrons. The number of benzene rings is 2. The van der Waals surface area contributed by atoms with Crippen molar-refractivity contribution in [3.63, 3.8) is 0 Å². The van der Waals surface area contributed by atoms with Crippen molar-refractivity contribution in [1.82, 2.24) is 0 Å². The van der Waals surface area contributed by atoms with Crippen LogP contribution in [0.4, 0.5) is 10.1 Å². The van der Waals surface area contributed by atoms with Gasteiger partial charge in [0.1, 0.15) is 11.4 Å². The molecular weight excluding hydrogens is 311 g/mol. The molecule has 0 radical (unpaired) electrons. The van der Waals surface area contributed by atoms with Crippen molar-refractivity contribution >= 4 is 22.6 Å². The number of carbonyl (C=O) groups is 1. The molecule has 0 aliphatic heterocycles. The molecule has 0 saturated carbocycles. The molecule has 0 saturated heterocycles. The van der Waals surface area contributed by atoms with Gasteiger partial charge in [0.25, 0.3) is 5.91 Å². The zero-order chi connectivity index (χ0) is 17.3. The van der Waals surface area contributed by atoms with Gasteiger partial charge in [-0.15, -0.1) is 0 Å². The van der Waals surface area contributed by atoms with Crippen molar-refractivity contribution in [2.45, 2.75) is 6.92 Å². The van der Waals surface area contributed by atoms with Gasteiger partial charge in [-0.2, -0.15) is 0 Å². The zero-order valence-electron chi connectivity index (χ0n) is 13.2. The summed E-state index contributed by atoms with van der Waals surface area (Å²) in [4.78, 5) is 16.1. The third-order valence-electron chi connectivity index (χ3n) is 3.60. The first-order chi connectivity index (χ1) is 11.5. The maximum absolute atomic E-state index is 13.2. The summed E-state index contributed by atoms with van der Waals surface area (Å²) >= 11 is 0. The van der Waals surface area contributed by atoms with Crippen LogP contribution in [0.2, 0.25) is 0 Å². The predicted molar refractivity (Wildman–Crippen MR) is 87.6 cm³/mol. The molecule has 3 rings (SSSR count). The normalized spacial score (nSPS) is 11.7. The predicted octanol–water partition coefficient (Wildman–Crippen LogP) is 3.22. The van der Waals surface area contributed by atoms with Crippen molar-refractivity contribution in [2.75, 3.05) is 7.11 Å². The second-order valence-electron chi connectivity index (χ2n) is 5.25. The van der Waals surface area contributed by atoms with E-state index >= 15 is 0 Å². The Labute approximate surface area is 137 Å². The summed E-state index contributed by atoms with van der Waals surface area (Å²) in [5, 5.41) is 0.665. The van der Waals surface area contributed by atoms with Gasteiger partial charge < -0.3 is 14.9 Å². The Bertz CT molecular complexity index is 1010. The molecule has 0 spiro atoms. The molecule has 1 heterocycles. The summed E-state index contributed by atoms with van der Waals surface area (Å²) in [6.45, 7) is 1.72. The van der Waals surface area contributed by atoms with Crippen molar-refractivity contribution in [3.8, 4) is 5.75 Å². The summed E-state index contributed by atoms with van der Waals surface area (Å²) in [7, 11) is 1.52. The molecule has 2 aromatic carbocycles. The summed E-state index contributed by atoms with van der Waals surface area (Å²) in [5.41, 5.74) is 7.17. The van der Waals surface area contributed by atoms with Crippen molar-refractivity contribution in [3.05, 3.63) is 65.0 Å². The van der Waals surface area contributed by atoms with E-state index in [9.17, 15) is 9.18 Å². The first-order valence-corrected chi connectivity index (χ1v) is 7.21. The number of hydrogen-bond acceptors (Lipinski definition) is 4. The average molecular weight is 326 g/mol. The summed E-state index contributed by atoms with van der Waals surface area (Å²) in [6, 6.07) is 11.0. The standard InChI is InChI=1S/C18H15FN2O3/c1-10-8-12(19)6-7-14(10)21-18-13(17(20)22)9-11-4-3-5-15(23-2)16(11)24-18/h3-9H,1-2H3,(H2,20,22). The number of amides is 1. The maximum Gasteiger partial charge on any atom is 0.254 e. The average Bonchev–Trinajstić information content (AvgIpc) is 2.56. The quantitative estimate of drug-likeness (QED) is 0.802. The molecule has 1 aromatic heterocycles. The van der Waals surface area contributed by atoms with E-state index in [1.165, 1.54) is 25.3 Å². The second kappa shape index (κ2) is 6.16. The minimum atomic E-state index is -0.665. The van der Waals surface area contributed by atoms with E-state index in [1.807, 2.05) is 0 Å². The van der Waals surface area contributed by atoms with Gasteiger partial charge in [-0.25, -0.2) is 9.38 Å². The van der Waals surface area contributed by atoms with Crippen LogP contribution >= 0.6 is 0 Å². The van der Waals surface area contributed by atoms with Crippen LogP contribution in [0.15, 0.2) is 51.9 Å². The molecule has 0 unspecified atom stereocenters. The largest absolute Gasteiger partial charge is 0.493 e. The van der Waals surface area contributed by atoms with Gasteiger partial charge in [-0.1, -0.05) is 12.1 Å². The van der Waals surface area contributed by atoms with Gasteiger partial charge >= 0.3 is 0 Å². The van der Waals surface area contributed by atoms with E-state index in [0.29, 0.717) is 28.0 Å². The Morgan fingerprint density at radius 3 is 2.71 bits per heavy atom. The summed E-state index contributed by atoms with van der Waals surface area (Å²) in [6.07, 6.45) is 0. The summed E-state index contributed by atoms with van der Waals surface area (Å²) in [5.74, 6) is -0.517. The van der Waals surface area contributed by atoms with Crippen molar-refractivity contribution < 1.29 is 18.3 Å². The number of nitrogens with zero attached hydrogens (tertiary/aromatic N) is 1. The van der Waals surface area contributed by atoms with Crippen LogP contribution in [0.25, 0.3) is 11.0 Å². The summed E-state index contributed by atoms with van der Waals surface area (Å²) < 4.78 is 24.3. The molecule has 0 aliphatic carbocycles. The smallest absolute Gasteiger partial charge is 0.254 e. The monoisotopic (exact) mass is 326 g/mol. The van der Waals surface area contributed by atoms with E-state index in [2.05, 4.69) is 4.99 Å². The second-order valence-corrected chi connectivity index (χ2v) is 5.25. The molecule has 24 heavy (non-hydrogen) atoms. The number of primary amides is 1. The Kier molecular flexibility index (Phi) is 4.04. The van der Waals surface area contributed by atoms with Crippen LogP contribution in [0, 0.1) is 12.7 Å². The number of ether oxygens (including phenoxy) is 1. The Hall–Kier alpha value is -3.15. The molecule has 0 atom stereocenters. The molecule has 0 bridgehead atoms. The lowest BCUT2D eigenvalue weighted by atomic mass is 10.1. The zero-order valence-corrected chi connectivity index (χ0v) is 13.2. The van der Waals surface area contributed by atoms with Crippen LogP contribution in [-0.2, 0) is 0 Å². The fourth-order valence-corrected chi connectivity index (χ4v) is 2.40. The third-order valence-corrected chi connectivity index (χ3v) is 3.60. The number of methoxy groups -OCH3 is 1. The van der Waals surface area contributed by atoms with Crippen molar-refractivity contribution in [1.29, 1.82) is 0 Å². The number of halogens is 1.